The van der Waals surface area contributed by atoms with Gasteiger partial charge in [-0.15, -0.1) is 0 Å². The topological polar surface area (TPSA) is 63.3 Å². The molecule has 0 saturated carbocycles. The largest absolute Gasteiger partial charge is 0.393 e. The summed E-state index contributed by atoms with van der Waals surface area (Å²) in [6, 6.07) is 0. The molecule has 0 heterocycles. The van der Waals surface area contributed by atoms with E-state index in [2.05, 4.69) is 13.8 Å². The molecule has 1 atom stereocenters. The summed E-state index contributed by atoms with van der Waals surface area (Å²) in [6.45, 7) is 4.16. The van der Waals surface area contributed by atoms with Crippen molar-refractivity contribution in [2.45, 2.75) is 39.2 Å². The number of rotatable bonds is 5. The van der Waals surface area contributed by atoms with Crippen LogP contribution in [0.15, 0.2) is 0 Å². The minimum atomic E-state index is -0.546. The minimum absolute atomic E-state index is 0.0900. The Kier molecular flexibility index (Phi) is 4.86. The van der Waals surface area contributed by atoms with Crippen LogP contribution in [0.2, 0.25) is 0 Å². The standard InChI is InChI=1S/C8H17NO2/c1-6(2)3-4-7(10)5-8(9)11/h6-7,10H,3-5H2,1-2H3,(H2,9,11). The van der Waals surface area contributed by atoms with Gasteiger partial charge in [0.15, 0.2) is 0 Å². The quantitative estimate of drug-likeness (QED) is 0.619. The first-order valence-electron chi connectivity index (χ1n) is 3.98. The summed E-state index contributed by atoms with van der Waals surface area (Å²) < 4.78 is 0. The van der Waals surface area contributed by atoms with Crippen molar-refractivity contribution in [3.63, 3.8) is 0 Å². The van der Waals surface area contributed by atoms with E-state index >= 15 is 0 Å². The SMILES string of the molecule is CC(C)CCC(O)CC(N)=O. The number of primary amides is 1. The van der Waals surface area contributed by atoms with Crippen molar-refractivity contribution in [2.24, 2.45) is 11.7 Å². The molecule has 0 aliphatic carbocycles. The molecule has 0 fully saturated rings. The van der Waals surface area contributed by atoms with Gasteiger partial charge < -0.3 is 10.8 Å². The number of nitrogens with two attached hydrogens (primary N) is 1. The van der Waals surface area contributed by atoms with Gasteiger partial charge in [-0.05, 0) is 18.8 Å². The summed E-state index contributed by atoms with van der Waals surface area (Å²) in [7, 11) is 0. The Morgan fingerprint density at radius 3 is 2.36 bits per heavy atom. The van der Waals surface area contributed by atoms with Gasteiger partial charge >= 0.3 is 0 Å². The Balaban J connectivity index is 3.37. The lowest BCUT2D eigenvalue weighted by molar-refractivity contribution is -0.119. The summed E-state index contributed by atoms with van der Waals surface area (Å²) >= 11 is 0. The van der Waals surface area contributed by atoms with Gasteiger partial charge in [0.25, 0.3) is 0 Å². The molecule has 0 aromatic heterocycles. The summed E-state index contributed by atoms with van der Waals surface area (Å²) in [5, 5.41) is 9.17. The average molecular weight is 159 g/mol. The number of carbonyl (C=O) groups excluding carboxylic acids is 1. The predicted molar refractivity (Wildman–Crippen MR) is 43.9 cm³/mol. The van der Waals surface area contributed by atoms with Crippen LogP contribution >= 0.6 is 0 Å². The lowest BCUT2D eigenvalue weighted by atomic mass is 10.0. The molecular weight excluding hydrogens is 142 g/mol. The molecule has 11 heavy (non-hydrogen) atoms. The van der Waals surface area contributed by atoms with Crippen LogP contribution in [0.25, 0.3) is 0 Å². The van der Waals surface area contributed by atoms with Crippen molar-refractivity contribution < 1.29 is 9.90 Å². The molecule has 66 valence electrons. The van der Waals surface area contributed by atoms with Crippen LogP contribution in [0.4, 0.5) is 0 Å². The summed E-state index contributed by atoms with van der Waals surface area (Å²) in [6.07, 6.45) is 1.15. The van der Waals surface area contributed by atoms with E-state index in [1.807, 2.05) is 0 Å². The van der Waals surface area contributed by atoms with Gasteiger partial charge in [-0.25, -0.2) is 0 Å². The predicted octanol–water partition coefficient (Wildman–Crippen LogP) is 0.659. The van der Waals surface area contributed by atoms with Gasteiger partial charge in [0.2, 0.25) is 5.91 Å². The Labute approximate surface area is 67.6 Å². The van der Waals surface area contributed by atoms with Crippen molar-refractivity contribution in [1.29, 1.82) is 0 Å². The fraction of sp³-hybridized carbons (Fsp3) is 0.875. The van der Waals surface area contributed by atoms with Crippen LogP contribution < -0.4 is 5.73 Å². The highest BCUT2D eigenvalue weighted by molar-refractivity contribution is 5.74. The lowest BCUT2D eigenvalue weighted by Gasteiger charge is -2.09. The van der Waals surface area contributed by atoms with Crippen LogP contribution in [0.3, 0.4) is 0 Å². The Hall–Kier alpha value is -0.570. The molecule has 0 bridgehead atoms. The van der Waals surface area contributed by atoms with Gasteiger partial charge in [-0.3, -0.25) is 4.79 Å². The zero-order valence-corrected chi connectivity index (χ0v) is 7.21. The molecule has 3 N–H and O–H groups in total. The molecular formula is C8H17NO2. The van der Waals surface area contributed by atoms with E-state index in [1.54, 1.807) is 0 Å². The van der Waals surface area contributed by atoms with Gasteiger partial charge in [0.05, 0.1) is 12.5 Å². The van der Waals surface area contributed by atoms with Crippen LogP contribution in [0.5, 0.6) is 0 Å². The van der Waals surface area contributed by atoms with E-state index < -0.39 is 12.0 Å². The third-order valence-corrected chi connectivity index (χ3v) is 1.51. The number of amides is 1. The molecule has 0 spiro atoms. The first-order chi connectivity index (χ1) is 5.02. The van der Waals surface area contributed by atoms with E-state index in [0.717, 1.165) is 6.42 Å². The first kappa shape index (κ1) is 10.4. The number of hydrogen-bond acceptors (Lipinski definition) is 2. The fourth-order valence-electron chi connectivity index (χ4n) is 0.860. The molecule has 0 aliphatic rings. The van der Waals surface area contributed by atoms with E-state index in [9.17, 15) is 4.79 Å². The monoisotopic (exact) mass is 159 g/mol. The maximum Gasteiger partial charge on any atom is 0.220 e. The zero-order valence-electron chi connectivity index (χ0n) is 7.21. The molecule has 0 saturated heterocycles. The Morgan fingerprint density at radius 1 is 1.45 bits per heavy atom. The van der Waals surface area contributed by atoms with Gasteiger partial charge in [0.1, 0.15) is 0 Å². The number of carbonyl (C=O) groups is 1. The van der Waals surface area contributed by atoms with Gasteiger partial charge in [-0.2, -0.15) is 0 Å². The lowest BCUT2D eigenvalue weighted by Crippen LogP contribution is -2.20. The van der Waals surface area contributed by atoms with Crippen LogP contribution in [0, 0.1) is 5.92 Å². The maximum atomic E-state index is 10.3. The molecule has 0 aromatic carbocycles. The molecule has 0 aromatic rings. The second-order valence-corrected chi connectivity index (χ2v) is 3.30. The van der Waals surface area contributed by atoms with E-state index in [1.165, 1.54) is 0 Å². The molecule has 1 unspecified atom stereocenters. The minimum Gasteiger partial charge on any atom is -0.393 e. The van der Waals surface area contributed by atoms with Crippen molar-refractivity contribution in [3.8, 4) is 0 Å². The number of hydrogen-bond donors (Lipinski definition) is 2. The van der Waals surface area contributed by atoms with E-state index in [0.29, 0.717) is 12.3 Å². The summed E-state index contributed by atoms with van der Waals surface area (Å²) in [5.74, 6) is 0.138. The van der Waals surface area contributed by atoms with E-state index in [4.69, 9.17) is 10.8 Å². The highest BCUT2D eigenvalue weighted by atomic mass is 16.3. The maximum absolute atomic E-state index is 10.3. The third-order valence-electron chi connectivity index (χ3n) is 1.51. The highest BCUT2D eigenvalue weighted by Crippen LogP contribution is 2.08. The highest BCUT2D eigenvalue weighted by Gasteiger charge is 2.07. The molecule has 0 radical (unpaired) electrons. The van der Waals surface area contributed by atoms with Gasteiger partial charge in [-0.1, -0.05) is 13.8 Å². The normalized spacial score (nSPS) is 13.5. The summed E-state index contributed by atoms with van der Waals surface area (Å²) in [4.78, 5) is 10.3. The fourth-order valence-corrected chi connectivity index (χ4v) is 0.860. The van der Waals surface area contributed by atoms with Crippen LogP contribution in [-0.2, 0) is 4.79 Å². The second kappa shape index (κ2) is 5.13. The van der Waals surface area contributed by atoms with Crippen molar-refractivity contribution in [3.05, 3.63) is 0 Å². The molecule has 1 amide bonds. The molecule has 3 heteroatoms. The van der Waals surface area contributed by atoms with Crippen LogP contribution in [-0.4, -0.2) is 17.1 Å². The first-order valence-corrected chi connectivity index (χ1v) is 3.98. The van der Waals surface area contributed by atoms with Crippen molar-refractivity contribution in [2.75, 3.05) is 0 Å². The van der Waals surface area contributed by atoms with Crippen molar-refractivity contribution in [1.82, 2.24) is 0 Å². The molecule has 0 aliphatic heterocycles. The van der Waals surface area contributed by atoms with Gasteiger partial charge in [0, 0.05) is 0 Å². The Bertz CT molecular complexity index is 123. The number of aliphatic hydroxyl groups is 1. The second-order valence-electron chi connectivity index (χ2n) is 3.30. The van der Waals surface area contributed by atoms with E-state index in [-0.39, 0.29) is 6.42 Å². The van der Waals surface area contributed by atoms with Crippen molar-refractivity contribution >= 4 is 5.91 Å². The Morgan fingerprint density at radius 2 is 2.00 bits per heavy atom. The number of aliphatic hydroxyl groups excluding tert-OH is 1. The third kappa shape index (κ3) is 7.33. The smallest absolute Gasteiger partial charge is 0.220 e. The molecule has 0 rings (SSSR count). The molecule has 3 nitrogen and oxygen atoms in total. The van der Waals surface area contributed by atoms with Crippen LogP contribution in [0.1, 0.15) is 33.1 Å². The average Bonchev–Trinajstić information content (AvgIpc) is 1.82. The zero-order chi connectivity index (χ0) is 8.85. The summed E-state index contributed by atoms with van der Waals surface area (Å²) in [5.41, 5.74) is 4.90.